The topological polar surface area (TPSA) is 116 Å². The van der Waals surface area contributed by atoms with E-state index >= 15 is 0 Å². The van der Waals surface area contributed by atoms with Crippen molar-refractivity contribution in [1.82, 2.24) is 20.5 Å². The van der Waals surface area contributed by atoms with Crippen molar-refractivity contribution in [2.75, 3.05) is 20.2 Å². The van der Waals surface area contributed by atoms with Crippen molar-refractivity contribution in [2.24, 2.45) is 5.73 Å². The normalized spacial score (nSPS) is 28.7. The van der Waals surface area contributed by atoms with Crippen LogP contribution in [0, 0.1) is 11.3 Å². The number of rotatable bonds is 5. The maximum absolute atomic E-state index is 13.5. The number of nitrogens with one attached hydrogen (secondary N) is 2. The zero-order chi connectivity index (χ0) is 22.8. The van der Waals surface area contributed by atoms with Crippen LogP contribution in [0.15, 0.2) is 42.0 Å². The average molecular weight is 437 g/mol. The number of nitriles is 1. The van der Waals surface area contributed by atoms with Crippen LogP contribution in [0.25, 0.3) is 5.57 Å². The van der Waals surface area contributed by atoms with E-state index in [0.717, 1.165) is 37.7 Å². The smallest absolute Gasteiger partial charge is 0.257 e. The van der Waals surface area contributed by atoms with Crippen LogP contribution < -0.4 is 16.4 Å². The van der Waals surface area contributed by atoms with Crippen LogP contribution in [0.3, 0.4) is 0 Å². The maximum atomic E-state index is 13.5. The highest BCUT2D eigenvalue weighted by molar-refractivity contribution is 6.02. The first kappa shape index (κ1) is 22.3. The molecule has 2 fully saturated rings. The predicted octanol–water partition coefficient (Wildman–Crippen LogP) is 2.02. The molecule has 8 nitrogen and oxygen atoms in total. The van der Waals surface area contributed by atoms with Gasteiger partial charge in [-0.25, -0.2) is 0 Å². The molecular weight excluding hydrogens is 404 g/mol. The quantitative estimate of drug-likeness (QED) is 0.646. The minimum absolute atomic E-state index is 0.140. The molecule has 8 heteroatoms. The number of ether oxygens (including phenoxy) is 1. The summed E-state index contributed by atoms with van der Waals surface area (Å²) >= 11 is 0. The standard InChI is InChI=1S/C24H32N6O2/c1-23(26)10-13-30(16-23)21-19(22(31)29-18-6-4-3-5-7-18)14-28-24(15-25,32-2)20(21)17-8-11-27-12-9-17/h8-9,11-12,14,18,28H,3-7,10,13,16,26H2,1-2H3,(H,29,31)/t23-,24?/m0/s1. The van der Waals surface area contributed by atoms with Crippen molar-refractivity contribution in [1.29, 1.82) is 5.26 Å². The van der Waals surface area contributed by atoms with Gasteiger partial charge in [0.2, 0.25) is 0 Å². The minimum atomic E-state index is -1.43. The number of dihydropyridines is 1. The fraction of sp³-hybridized carbons (Fsp3) is 0.542. The number of hydrogen-bond acceptors (Lipinski definition) is 7. The van der Waals surface area contributed by atoms with Gasteiger partial charge in [0.25, 0.3) is 11.6 Å². The van der Waals surface area contributed by atoms with Crippen molar-refractivity contribution in [3.05, 3.63) is 47.6 Å². The van der Waals surface area contributed by atoms with Gasteiger partial charge >= 0.3 is 0 Å². The Morgan fingerprint density at radius 2 is 2.06 bits per heavy atom. The van der Waals surface area contributed by atoms with Crippen molar-refractivity contribution in [3.8, 4) is 6.07 Å². The van der Waals surface area contributed by atoms with Crippen LogP contribution in [-0.4, -0.2) is 53.3 Å². The SMILES string of the molecule is COC1(C#N)NC=C(C(=O)NC2CCCCC2)C(N2CC[C@](C)(N)C2)=C1c1ccncc1. The summed E-state index contributed by atoms with van der Waals surface area (Å²) in [5.41, 5.74) is 7.22. The number of carbonyl (C=O) groups excluding carboxylic acids is 1. The molecule has 2 aliphatic heterocycles. The number of methoxy groups -OCH3 is 1. The Bertz CT molecular complexity index is 958. The van der Waals surface area contributed by atoms with Crippen molar-refractivity contribution >= 4 is 11.5 Å². The van der Waals surface area contributed by atoms with Gasteiger partial charge in [0.1, 0.15) is 6.07 Å². The Balaban J connectivity index is 1.82. The van der Waals surface area contributed by atoms with Crippen LogP contribution >= 0.6 is 0 Å². The van der Waals surface area contributed by atoms with Gasteiger partial charge in [0, 0.05) is 50.4 Å². The van der Waals surface area contributed by atoms with E-state index in [9.17, 15) is 10.1 Å². The largest absolute Gasteiger partial charge is 0.369 e. The second-order valence-corrected chi connectivity index (χ2v) is 9.29. The van der Waals surface area contributed by atoms with Gasteiger partial charge in [-0.15, -0.1) is 0 Å². The Morgan fingerprint density at radius 3 is 2.66 bits per heavy atom. The summed E-state index contributed by atoms with van der Waals surface area (Å²) in [7, 11) is 1.49. The highest BCUT2D eigenvalue weighted by Crippen LogP contribution is 2.40. The lowest BCUT2D eigenvalue weighted by molar-refractivity contribution is -0.118. The molecule has 1 amide bonds. The number of nitrogens with zero attached hydrogens (tertiary/aromatic N) is 3. The average Bonchev–Trinajstić information content (AvgIpc) is 3.18. The summed E-state index contributed by atoms with van der Waals surface area (Å²) in [6.07, 6.45) is 11.2. The van der Waals surface area contributed by atoms with Gasteiger partial charge < -0.3 is 26.0 Å². The molecule has 32 heavy (non-hydrogen) atoms. The van der Waals surface area contributed by atoms with Gasteiger partial charge in [-0.2, -0.15) is 5.26 Å². The zero-order valence-electron chi connectivity index (χ0n) is 18.9. The molecule has 0 bridgehead atoms. The molecule has 1 aromatic heterocycles. The Labute approximate surface area is 189 Å². The second kappa shape index (κ2) is 8.93. The maximum Gasteiger partial charge on any atom is 0.257 e. The molecule has 1 unspecified atom stereocenters. The fourth-order valence-electron chi connectivity index (χ4n) is 4.96. The number of likely N-dealkylation sites (tertiary alicyclic amines) is 1. The van der Waals surface area contributed by atoms with E-state index in [4.69, 9.17) is 10.5 Å². The first-order valence-electron chi connectivity index (χ1n) is 11.3. The van der Waals surface area contributed by atoms with Gasteiger partial charge in [-0.05, 0) is 43.9 Å². The summed E-state index contributed by atoms with van der Waals surface area (Å²) in [5, 5.41) is 16.5. The predicted molar refractivity (Wildman–Crippen MR) is 122 cm³/mol. The van der Waals surface area contributed by atoms with Crippen molar-refractivity contribution in [3.63, 3.8) is 0 Å². The van der Waals surface area contributed by atoms with E-state index in [2.05, 4.69) is 26.6 Å². The zero-order valence-corrected chi connectivity index (χ0v) is 18.9. The Hall–Kier alpha value is -2.89. The van der Waals surface area contributed by atoms with Gasteiger partial charge in [-0.1, -0.05) is 19.3 Å². The summed E-state index contributed by atoms with van der Waals surface area (Å²) in [4.78, 5) is 19.8. The molecule has 3 aliphatic rings. The lowest BCUT2D eigenvalue weighted by Gasteiger charge is -2.39. The molecule has 4 N–H and O–H groups in total. The van der Waals surface area contributed by atoms with Crippen LogP contribution in [0.1, 0.15) is 51.0 Å². The molecule has 0 aromatic carbocycles. The third-order valence-corrected chi connectivity index (χ3v) is 6.70. The third kappa shape index (κ3) is 4.23. The molecule has 2 atom stereocenters. The lowest BCUT2D eigenvalue weighted by Crippen LogP contribution is -2.51. The molecule has 0 spiro atoms. The Kier molecular flexibility index (Phi) is 6.22. The molecule has 1 aliphatic carbocycles. The van der Waals surface area contributed by atoms with Crippen molar-refractivity contribution in [2.45, 2.75) is 62.8 Å². The van der Waals surface area contributed by atoms with Gasteiger partial charge in [0.15, 0.2) is 0 Å². The first-order valence-corrected chi connectivity index (χ1v) is 11.3. The summed E-state index contributed by atoms with van der Waals surface area (Å²) in [6.45, 7) is 3.28. The van der Waals surface area contributed by atoms with E-state index in [0.29, 0.717) is 29.9 Å². The number of hydrogen-bond donors (Lipinski definition) is 3. The molecule has 1 saturated heterocycles. The lowest BCUT2D eigenvalue weighted by atomic mass is 9.87. The number of aromatic nitrogens is 1. The Morgan fingerprint density at radius 1 is 1.34 bits per heavy atom. The van der Waals surface area contributed by atoms with E-state index in [1.807, 2.05) is 19.1 Å². The van der Waals surface area contributed by atoms with E-state index < -0.39 is 5.72 Å². The minimum Gasteiger partial charge on any atom is -0.369 e. The molecular formula is C24H32N6O2. The molecule has 4 rings (SSSR count). The first-order chi connectivity index (χ1) is 15.4. The summed E-state index contributed by atoms with van der Waals surface area (Å²) in [6, 6.07) is 6.13. The number of pyridine rings is 1. The van der Waals surface area contributed by atoms with Gasteiger partial charge in [0.05, 0.1) is 16.8 Å². The molecule has 1 saturated carbocycles. The van der Waals surface area contributed by atoms with E-state index in [1.165, 1.54) is 13.5 Å². The van der Waals surface area contributed by atoms with E-state index in [-0.39, 0.29) is 17.5 Å². The monoisotopic (exact) mass is 436 g/mol. The molecule has 170 valence electrons. The molecule has 3 heterocycles. The van der Waals surface area contributed by atoms with Crippen LogP contribution in [0.2, 0.25) is 0 Å². The summed E-state index contributed by atoms with van der Waals surface area (Å²) in [5.74, 6) is -0.140. The second-order valence-electron chi connectivity index (χ2n) is 9.29. The third-order valence-electron chi connectivity index (χ3n) is 6.70. The van der Waals surface area contributed by atoms with Crippen molar-refractivity contribution < 1.29 is 9.53 Å². The number of carbonyl (C=O) groups is 1. The fourth-order valence-corrected chi connectivity index (χ4v) is 4.96. The summed E-state index contributed by atoms with van der Waals surface area (Å²) < 4.78 is 5.73. The van der Waals surface area contributed by atoms with Crippen LogP contribution in [-0.2, 0) is 9.53 Å². The van der Waals surface area contributed by atoms with Crippen LogP contribution in [0.5, 0.6) is 0 Å². The van der Waals surface area contributed by atoms with Gasteiger partial charge in [-0.3, -0.25) is 9.78 Å². The van der Waals surface area contributed by atoms with Crippen LogP contribution in [0.4, 0.5) is 0 Å². The highest BCUT2D eigenvalue weighted by atomic mass is 16.5. The number of amides is 1. The number of nitrogens with two attached hydrogens (primary N) is 1. The highest BCUT2D eigenvalue weighted by Gasteiger charge is 2.45. The molecule has 0 radical (unpaired) electrons. The molecule has 1 aromatic rings. The van der Waals surface area contributed by atoms with E-state index in [1.54, 1.807) is 18.6 Å².